The van der Waals surface area contributed by atoms with Crippen LogP contribution in [0, 0.1) is 0 Å². The lowest BCUT2D eigenvalue weighted by Crippen LogP contribution is -2.48. The summed E-state index contributed by atoms with van der Waals surface area (Å²) in [5.41, 5.74) is 5.92. The minimum absolute atomic E-state index is 0.181. The fraction of sp³-hybridized carbons (Fsp3) is 0.500. The monoisotopic (exact) mass is 306 g/mol. The molecule has 0 aromatic heterocycles. The first kappa shape index (κ1) is 16.3. The second-order valence-electron chi connectivity index (χ2n) is 5.31. The highest BCUT2D eigenvalue weighted by atomic mass is 16.5. The van der Waals surface area contributed by atoms with Gasteiger partial charge in [0, 0.05) is 6.54 Å². The van der Waals surface area contributed by atoms with Crippen LogP contribution >= 0.6 is 0 Å². The molecule has 0 bridgehead atoms. The molecule has 22 heavy (non-hydrogen) atoms. The van der Waals surface area contributed by atoms with Crippen LogP contribution in [0.5, 0.6) is 5.75 Å². The molecule has 0 saturated carbocycles. The Morgan fingerprint density at radius 3 is 2.64 bits per heavy atom. The third-order valence-corrected chi connectivity index (χ3v) is 3.86. The van der Waals surface area contributed by atoms with Gasteiger partial charge in [0.15, 0.2) is 0 Å². The van der Waals surface area contributed by atoms with Gasteiger partial charge in [-0.2, -0.15) is 0 Å². The maximum absolute atomic E-state index is 11.4. The molecule has 0 radical (unpaired) electrons. The summed E-state index contributed by atoms with van der Waals surface area (Å²) >= 11 is 0. The van der Waals surface area contributed by atoms with E-state index >= 15 is 0 Å². The summed E-state index contributed by atoms with van der Waals surface area (Å²) in [6.07, 6.45) is 2.95. The number of hydrogen-bond donors (Lipinski definition) is 1. The summed E-state index contributed by atoms with van der Waals surface area (Å²) in [6, 6.07) is 6.60. The molecular formula is C16H22N2O4. The minimum Gasteiger partial charge on any atom is -0.492 e. The highest BCUT2D eigenvalue weighted by Gasteiger charge is 2.26. The molecular weight excluding hydrogens is 284 g/mol. The van der Waals surface area contributed by atoms with Crippen LogP contribution in [0.2, 0.25) is 0 Å². The van der Waals surface area contributed by atoms with Gasteiger partial charge in [0.2, 0.25) is 5.91 Å². The number of benzene rings is 1. The molecule has 2 N–H and O–H groups in total. The van der Waals surface area contributed by atoms with Crippen LogP contribution in [0.25, 0.3) is 0 Å². The van der Waals surface area contributed by atoms with Gasteiger partial charge < -0.3 is 15.2 Å². The highest BCUT2D eigenvalue weighted by molar-refractivity contribution is 5.89. The molecule has 1 saturated heterocycles. The number of amides is 1. The van der Waals surface area contributed by atoms with Gasteiger partial charge >= 0.3 is 5.97 Å². The lowest BCUT2D eigenvalue weighted by atomic mass is 10.0. The highest BCUT2D eigenvalue weighted by Crippen LogP contribution is 2.17. The Morgan fingerprint density at radius 2 is 2.00 bits per heavy atom. The van der Waals surface area contributed by atoms with Crippen molar-refractivity contribution >= 4 is 11.9 Å². The van der Waals surface area contributed by atoms with Gasteiger partial charge in [-0.05, 0) is 43.7 Å². The van der Waals surface area contributed by atoms with Crippen molar-refractivity contribution in [2.24, 2.45) is 5.73 Å². The van der Waals surface area contributed by atoms with E-state index in [1.54, 1.807) is 24.3 Å². The van der Waals surface area contributed by atoms with Crippen molar-refractivity contribution in [2.45, 2.75) is 25.3 Å². The van der Waals surface area contributed by atoms with E-state index in [1.165, 1.54) is 7.11 Å². The molecule has 120 valence electrons. The summed E-state index contributed by atoms with van der Waals surface area (Å²) in [5.74, 6) is 0.0478. The zero-order chi connectivity index (χ0) is 15.9. The molecule has 1 fully saturated rings. The summed E-state index contributed by atoms with van der Waals surface area (Å²) in [4.78, 5) is 24.8. The number of esters is 1. The van der Waals surface area contributed by atoms with E-state index in [9.17, 15) is 9.59 Å². The Hall–Kier alpha value is -2.08. The van der Waals surface area contributed by atoms with Crippen LogP contribution in [-0.2, 0) is 9.53 Å². The average molecular weight is 306 g/mol. The third kappa shape index (κ3) is 4.21. The topological polar surface area (TPSA) is 81.9 Å². The fourth-order valence-electron chi connectivity index (χ4n) is 2.67. The number of ether oxygens (including phenoxy) is 2. The molecule has 1 heterocycles. The number of carbonyl (C=O) groups is 2. The molecule has 0 unspecified atom stereocenters. The molecule has 1 aliphatic heterocycles. The number of likely N-dealkylation sites (tertiary alicyclic amines) is 1. The molecule has 0 aliphatic carbocycles. The normalized spacial score (nSPS) is 18.7. The molecule has 1 amide bonds. The van der Waals surface area contributed by atoms with Crippen molar-refractivity contribution in [1.82, 2.24) is 4.90 Å². The zero-order valence-electron chi connectivity index (χ0n) is 12.8. The van der Waals surface area contributed by atoms with Gasteiger partial charge in [-0.3, -0.25) is 9.69 Å². The molecule has 6 heteroatoms. The first-order valence-corrected chi connectivity index (χ1v) is 7.46. The maximum atomic E-state index is 11.4. The fourth-order valence-corrected chi connectivity index (χ4v) is 2.67. The molecule has 1 aromatic carbocycles. The second kappa shape index (κ2) is 7.79. The number of piperidine rings is 1. The van der Waals surface area contributed by atoms with E-state index < -0.39 is 0 Å². The molecule has 1 aliphatic rings. The lowest BCUT2D eigenvalue weighted by Gasteiger charge is -2.33. The van der Waals surface area contributed by atoms with E-state index in [-0.39, 0.29) is 17.9 Å². The number of nitrogens with zero attached hydrogens (tertiary/aromatic N) is 1. The first-order valence-electron chi connectivity index (χ1n) is 7.46. The van der Waals surface area contributed by atoms with E-state index in [2.05, 4.69) is 9.64 Å². The van der Waals surface area contributed by atoms with E-state index in [0.717, 1.165) is 25.8 Å². The number of primary amides is 1. The van der Waals surface area contributed by atoms with Gasteiger partial charge in [0.25, 0.3) is 0 Å². The second-order valence-corrected chi connectivity index (χ2v) is 5.31. The minimum atomic E-state index is -0.371. The van der Waals surface area contributed by atoms with E-state index in [0.29, 0.717) is 24.5 Å². The van der Waals surface area contributed by atoms with Crippen molar-refractivity contribution < 1.29 is 19.1 Å². The molecule has 0 spiro atoms. The van der Waals surface area contributed by atoms with Crippen molar-refractivity contribution in [2.75, 3.05) is 26.8 Å². The standard InChI is InChI=1S/C16H22N2O4/c1-21-16(20)12-5-7-13(8-6-12)22-11-10-18-9-3-2-4-14(18)15(17)19/h5-8,14H,2-4,9-11H2,1H3,(H2,17,19)/t14-/m0/s1. The predicted octanol–water partition coefficient (Wildman–Crippen LogP) is 1.19. The molecule has 1 atom stereocenters. The smallest absolute Gasteiger partial charge is 0.337 e. The number of hydrogen-bond acceptors (Lipinski definition) is 5. The SMILES string of the molecule is COC(=O)c1ccc(OCCN2CCCC[C@H]2C(N)=O)cc1. The Morgan fingerprint density at radius 1 is 1.27 bits per heavy atom. The Kier molecular flexibility index (Phi) is 5.77. The van der Waals surface area contributed by atoms with Crippen molar-refractivity contribution in [3.05, 3.63) is 29.8 Å². The van der Waals surface area contributed by atoms with Gasteiger partial charge in [-0.15, -0.1) is 0 Å². The summed E-state index contributed by atoms with van der Waals surface area (Å²) in [5, 5.41) is 0. The van der Waals surface area contributed by atoms with Crippen molar-refractivity contribution in [3.63, 3.8) is 0 Å². The van der Waals surface area contributed by atoms with E-state index in [1.807, 2.05) is 0 Å². The summed E-state index contributed by atoms with van der Waals surface area (Å²) in [6.45, 7) is 2.01. The average Bonchev–Trinajstić information content (AvgIpc) is 2.55. The van der Waals surface area contributed by atoms with Crippen molar-refractivity contribution in [1.29, 1.82) is 0 Å². The van der Waals surface area contributed by atoms with Crippen LogP contribution in [-0.4, -0.2) is 49.6 Å². The Bertz CT molecular complexity index is 515. The summed E-state index contributed by atoms with van der Waals surface area (Å²) < 4.78 is 10.3. The molecule has 1 aromatic rings. The quantitative estimate of drug-likeness (QED) is 0.798. The van der Waals surface area contributed by atoms with Crippen LogP contribution < -0.4 is 10.5 Å². The van der Waals surface area contributed by atoms with Crippen LogP contribution in [0.15, 0.2) is 24.3 Å². The van der Waals surface area contributed by atoms with Crippen LogP contribution in [0.3, 0.4) is 0 Å². The van der Waals surface area contributed by atoms with Gasteiger partial charge in [-0.1, -0.05) is 6.42 Å². The molecule has 2 rings (SSSR count). The first-order chi connectivity index (χ1) is 10.6. The number of carbonyl (C=O) groups excluding carboxylic acids is 2. The third-order valence-electron chi connectivity index (χ3n) is 3.86. The largest absolute Gasteiger partial charge is 0.492 e. The van der Waals surface area contributed by atoms with Gasteiger partial charge in [0.1, 0.15) is 12.4 Å². The summed E-state index contributed by atoms with van der Waals surface area (Å²) in [7, 11) is 1.35. The maximum Gasteiger partial charge on any atom is 0.337 e. The number of rotatable bonds is 6. The number of methoxy groups -OCH3 is 1. The number of nitrogens with two attached hydrogens (primary N) is 1. The Balaban J connectivity index is 1.82. The lowest BCUT2D eigenvalue weighted by molar-refractivity contribution is -0.124. The predicted molar refractivity (Wildman–Crippen MR) is 81.7 cm³/mol. The Labute approximate surface area is 130 Å². The van der Waals surface area contributed by atoms with Crippen LogP contribution in [0.4, 0.5) is 0 Å². The zero-order valence-corrected chi connectivity index (χ0v) is 12.8. The van der Waals surface area contributed by atoms with Gasteiger partial charge in [-0.25, -0.2) is 4.79 Å². The van der Waals surface area contributed by atoms with Crippen LogP contribution in [0.1, 0.15) is 29.6 Å². The van der Waals surface area contributed by atoms with Crippen molar-refractivity contribution in [3.8, 4) is 5.75 Å². The van der Waals surface area contributed by atoms with Gasteiger partial charge in [0.05, 0.1) is 18.7 Å². The molecule has 6 nitrogen and oxygen atoms in total. The van der Waals surface area contributed by atoms with E-state index in [4.69, 9.17) is 10.5 Å².